The van der Waals surface area contributed by atoms with Gasteiger partial charge in [0.1, 0.15) is 12.4 Å². The number of rotatable bonds is 8. The van der Waals surface area contributed by atoms with E-state index < -0.39 is 8.07 Å². The predicted molar refractivity (Wildman–Crippen MR) is 113 cm³/mol. The second kappa shape index (κ2) is 7.84. The van der Waals surface area contributed by atoms with Crippen molar-refractivity contribution >= 4 is 19.1 Å². The fourth-order valence-electron chi connectivity index (χ4n) is 3.20. The van der Waals surface area contributed by atoms with Crippen molar-refractivity contribution in [2.24, 2.45) is 0 Å². The molecule has 0 N–H and O–H groups in total. The standard InChI is InChI=1S/C20H31N5OSi/c1-7-17(8-2)24-14-16(13-21-24)19-18-9-10-25(20(18)23-15(3)22-19)26-11-12-27(4,5)6/h9-10,13-14,17H,7-8,11-12H2,1-6H3. The highest BCUT2D eigenvalue weighted by Crippen LogP contribution is 2.28. The molecule has 3 heterocycles. The van der Waals surface area contributed by atoms with Gasteiger partial charge in [0.25, 0.3) is 0 Å². The molecule has 27 heavy (non-hydrogen) atoms. The Hall–Kier alpha value is -2.15. The number of hydrogen-bond acceptors (Lipinski definition) is 4. The van der Waals surface area contributed by atoms with Gasteiger partial charge in [0, 0.05) is 31.4 Å². The normalized spacial score (nSPS) is 12.3. The van der Waals surface area contributed by atoms with Crippen molar-refractivity contribution in [2.75, 3.05) is 6.61 Å². The van der Waals surface area contributed by atoms with Crippen LogP contribution >= 0.6 is 0 Å². The lowest BCUT2D eigenvalue weighted by Crippen LogP contribution is -2.25. The minimum absolute atomic E-state index is 0.423. The van der Waals surface area contributed by atoms with Crippen molar-refractivity contribution in [1.29, 1.82) is 0 Å². The Morgan fingerprint density at radius 3 is 2.56 bits per heavy atom. The maximum atomic E-state index is 6.00. The lowest BCUT2D eigenvalue weighted by Gasteiger charge is -2.16. The van der Waals surface area contributed by atoms with Gasteiger partial charge in [-0.15, -0.1) is 0 Å². The van der Waals surface area contributed by atoms with Gasteiger partial charge in [0.2, 0.25) is 0 Å². The van der Waals surface area contributed by atoms with Crippen LogP contribution in [0.2, 0.25) is 25.7 Å². The Balaban J connectivity index is 1.93. The van der Waals surface area contributed by atoms with Crippen molar-refractivity contribution in [3.05, 3.63) is 30.5 Å². The average Bonchev–Trinajstić information content (AvgIpc) is 3.22. The van der Waals surface area contributed by atoms with Gasteiger partial charge in [-0.2, -0.15) is 9.83 Å². The largest absolute Gasteiger partial charge is 0.413 e. The van der Waals surface area contributed by atoms with E-state index in [1.165, 1.54) is 0 Å². The fraction of sp³-hybridized carbons (Fsp3) is 0.550. The molecule has 0 radical (unpaired) electrons. The third kappa shape index (κ3) is 4.40. The molecule has 0 aliphatic carbocycles. The lowest BCUT2D eigenvalue weighted by atomic mass is 10.1. The molecule has 0 aliphatic heterocycles. The molecule has 3 aromatic heterocycles. The van der Waals surface area contributed by atoms with Crippen molar-refractivity contribution < 1.29 is 4.84 Å². The van der Waals surface area contributed by atoms with Gasteiger partial charge in [-0.05, 0) is 31.9 Å². The zero-order chi connectivity index (χ0) is 19.6. The first kappa shape index (κ1) is 19.6. The molecule has 0 aliphatic rings. The van der Waals surface area contributed by atoms with E-state index in [0.29, 0.717) is 12.6 Å². The first-order valence-corrected chi connectivity index (χ1v) is 13.6. The van der Waals surface area contributed by atoms with Crippen molar-refractivity contribution in [1.82, 2.24) is 24.5 Å². The summed E-state index contributed by atoms with van der Waals surface area (Å²) in [6.45, 7) is 14.1. The number of nitrogens with zero attached hydrogens (tertiary/aromatic N) is 5. The number of aryl methyl sites for hydroxylation is 1. The molecule has 7 heteroatoms. The molecule has 0 unspecified atom stereocenters. The van der Waals surface area contributed by atoms with Crippen LogP contribution in [0, 0.1) is 6.92 Å². The molecule has 0 spiro atoms. The fourth-order valence-corrected chi connectivity index (χ4v) is 3.90. The van der Waals surface area contributed by atoms with E-state index in [1.54, 1.807) is 4.73 Å². The highest BCUT2D eigenvalue weighted by molar-refractivity contribution is 6.76. The van der Waals surface area contributed by atoms with Gasteiger partial charge < -0.3 is 4.84 Å². The van der Waals surface area contributed by atoms with Gasteiger partial charge in [0.05, 0.1) is 17.9 Å². The summed E-state index contributed by atoms with van der Waals surface area (Å²) in [5, 5.41) is 5.58. The quantitative estimate of drug-likeness (QED) is 0.526. The second-order valence-electron chi connectivity index (χ2n) is 8.32. The molecule has 0 saturated carbocycles. The summed E-state index contributed by atoms with van der Waals surface area (Å²) in [7, 11) is -1.13. The SMILES string of the molecule is CCC(CC)n1cc(-c2nc(C)nc3c2ccn3OCC[Si](C)(C)C)cn1. The highest BCUT2D eigenvalue weighted by atomic mass is 28.3. The van der Waals surface area contributed by atoms with Crippen molar-refractivity contribution in [3.63, 3.8) is 0 Å². The Kier molecular flexibility index (Phi) is 5.69. The second-order valence-corrected chi connectivity index (χ2v) is 13.9. The summed E-state index contributed by atoms with van der Waals surface area (Å²) in [4.78, 5) is 15.3. The highest BCUT2D eigenvalue weighted by Gasteiger charge is 2.17. The monoisotopic (exact) mass is 385 g/mol. The number of fused-ring (bicyclic) bond motifs is 1. The van der Waals surface area contributed by atoms with Gasteiger partial charge in [0.15, 0.2) is 5.65 Å². The molecular weight excluding hydrogens is 354 g/mol. The third-order valence-corrected chi connectivity index (χ3v) is 6.60. The van der Waals surface area contributed by atoms with Crippen LogP contribution in [0.15, 0.2) is 24.7 Å². The minimum Gasteiger partial charge on any atom is -0.413 e. The van der Waals surface area contributed by atoms with E-state index in [4.69, 9.17) is 9.82 Å². The average molecular weight is 386 g/mol. The molecule has 0 bridgehead atoms. The summed E-state index contributed by atoms with van der Waals surface area (Å²) in [6.07, 6.45) is 8.08. The zero-order valence-electron chi connectivity index (χ0n) is 17.4. The van der Waals surface area contributed by atoms with Crippen LogP contribution in [0.25, 0.3) is 22.3 Å². The molecular formula is C20H31N5OSi. The van der Waals surface area contributed by atoms with Gasteiger partial charge in [-0.1, -0.05) is 33.5 Å². The number of hydrogen-bond donors (Lipinski definition) is 0. The van der Waals surface area contributed by atoms with E-state index in [2.05, 4.69) is 54.4 Å². The topological polar surface area (TPSA) is 57.8 Å². The molecule has 3 aromatic rings. The summed E-state index contributed by atoms with van der Waals surface area (Å²) >= 11 is 0. The third-order valence-electron chi connectivity index (χ3n) is 4.90. The summed E-state index contributed by atoms with van der Waals surface area (Å²) < 4.78 is 3.85. The van der Waals surface area contributed by atoms with E-state index in [9.17, 15) is 0 Å². The maximum absolute atomic E-state index is 6.00. The van der Waals surface area contributed by atoms with Gasteiger partial charge >= 0.3 is 0 Å². The Labute approximate surface area is 162 Å². The molecule has 0 aromatic carbocycles. The first-order chi connectivity index (χ1) is 12.8. The van der Waals surface area contributed by atoms with Gasteiger partial charge in [-0.3, -0.25) is 4.68 Å². The summed E-state index contributed by atoms with van der Waals surface area (Å²) in [5.41, 5.74) is 2.77. The van der Waals surface area contributed by atoms with Crippen molar-refractivity contribution in [3.8, 4) is 11.3 Å². The molecule has 0 saturated heterocycles. The van der Waals surface area contributed by atoms with Crippen LogP contribution in [-0.4, -0.2) is 39.2 Å². The first-order valence-electron chi connectivity index (χ1n) is 9.86. The molecule has 146 valence electrons. The smallest absolute Gasteiger partial charge is 0.179 e. The summed E-state index contributed by atoms with van der Waals surface area (Å²) in [6, 6.07) is 3.57. The van der Waals surface area contributed by atoms with Crippen LogP contribution in [0.3, 0.4) is 0 Å². The number of aromatic nitrogens is 5. The van der Waals surface area contributed by atoms with Crippen LogP contribution in [-0.2, 0) is 0 Å². The Morgan fingerprint density at radius 1 is 1.15 bits per heavy atom. The molecule has 0 fully saturated rings. The van der Waals surface area contributed by atoms with Gasteiger partial charge in [-0.25, -0.2) is 9.97 Å². The maximum Gasteiger partial charge on any atom is 0.179 e. The van der Waals surface area contributed by atoms with E-state index in [-0.39, 0.29) is 0 Å². The van der Waals surface area contributed by atoms with Crippen LogP contribution in [0.1, 0.15) is 38.6 Å². The molecule has 6 nitrogen and oxygen atoms in total. The minimum atomic E-state index is -1.13. The molecule has 0 amide bonds. The Bertz CT molecular complexity index is 905. The van der Waals surface area contributed by atoms with E-state index in [1.807, 2.05) is 25.4 Å². The lowest BCUT2D eigenvalue weighted by molar-refractivity contribution is 0.130. The van der Waals surface area contributed by atoms with Crippen LogP contribution in [0.5, 0.6) is 0 Å². The Morgan fingerprint density at radius 2 is 1.89 bits per heavy atom. The van der Waals surface area contributed by atoms with E-state index >= 15 is 0 Å². The van der Waals surface area contributed by atoms with E-state index in [0.717, 1.165) is 47.0 Å². The van der Waals surface area contributed by atoms with Crippen LogP contribution < -0.4 is 4.84 Å². The zero-order valence-corrected chi connectivity index (χ0v) is 18.4. The van der Waals surface area contributed by atoms with Crippen LogP contribution in [0.4, 0.5) is 0 Å². The summed E-state index contributed by atoms with van der Waals surface area (Å²) in [5.74, 6) is 0.738. The van der Waals surface area contributed by atoms with Crippen molar-refractivity contribution in [2.45, 2.75) is 65.3 Å². The molecule has 0 atom stereocenters. The molecule has 3 rings (SSSR count). The predicted octanol–water partition coefficient (Wildman–Crippen LogP) is 4.73.